The third-order valence-electron chi connectivity index (χ3n) is 1.71. The number of methoxy groups -OCH3 is 1. The van der Waals surface area contributed by atoms with Gasteiger partial charge in [0.2, 0.25) is 0 Å². The van der Waals surface area contributed by atoms with Crippen LogP contribution >= 0.6 is 11.6 Å². The molecular formula is C9H10ClNO2. The SMILES string of the molecule is COc1ccc(C(N)C=O)c(Cl)c1. The molecule has 1 atom stereocenters. The molecule has 1 unspecified atom stereocenters. The Morgan fingerprint density at radius 1 is 1.62 bits per heavy atom. The highest BCUT2D eigenvalue weighted by molar-refractivity contribution is 6.31. The first-order chi connectivity index (χ1) is 6.19. The first-order valence-corrected chi connectivity index (χ1v) is 4.11. The van der Waals surface area contributed by atoms with Crippen molar-refractivity contribution in [2.45, 2.75) is 6.04 Å². The molecule has 4 heteroatoms. The van der Waals surface area contributed by atoms with Gasteiger partial charge in [0, 0.05) is 5.02 Å². The zero-order valence-corrected chi connectivity index (χ0v) is 7.91. The van der Waals surface area contributed by atoms with Gasteiger partial charge in [-0.05, 0) is 17.7 Å². The summed E-state index contributed by atoms with van der Waals surface area (Å²) in [7, 11) is 1.55. The molecule has 0 aromatic heterocycles. The third kappa shape index (κ3) is 2.20. The maximum absolute atomic E-state index is 10.4. The third-order valence-corrected chi connectivity index (χ3v) is 2.04. The number of hydrogen-bond donors (Lipinski definition) is 1. The van der Waals surface area contributed by atoms with Crippen LogP contribution in [0.3, 0.4) is 0 Å². The van der Waals surface area contributed by atoms with Gasteiger partial charge in [-0.2, -0.15) is 0 Å². The highest BCUT2D eigenvalue weighted by Gasteiger charge is 2.09. The van der Waals surface area contributed by atoms with Gasteiger partial charge < -0.3 is 15.3 Å². The van der Waals surface area contributed by atoms with Crippen LogP contribution in [0.25, 0.3) is 0 Å². The largest absolute Gasteiger partial charge is 0.497 e. The number of carbonyl (C=O) groups is 1. The van der Waals surface area contributed by atoms with E-state index in [1.807, 2.05) is 0 Å². The van der Waals surface area contributed by atoms with Gasteiger partial charge in [-0.25, -0.2) is 0 Å². The quantitative estimate of drug-likeness (QED) is 0.752. The second-order valence-corrected chi connectivity index (χ2v) is 2.96. The number of nitrogens with two attached hydrogens (primary N) is 1. The van der Waals surface area contributed by atoms with Crippen LogP contribution in [0.2, 0.25) is 5.02 Å². The molecule has 3 nitrogen and oxygen atoms in total. The van der Waals surface area contributed by atoms with E-state index < -0.39 is 6.04 Å². The van der Waals surface area contributed by atoms with E-state index in [0.29, 0.717) is 22.6 Å². The zero-order valence-electron chi connectivity index (χ0n) is 7.16. The molecule has 70 valence electrons. The molecule has 0 bridgehead atoms. The molecule has 1 aromatic carbocycles. The number of carbonyl (C=O) groups excluding carboxylic acids is 1. The molecular weight excluding hydrogens is 190 g/mol. The topological polar surface area (TPSA) is 52.3 Å². The number of halogens is 1. The van der Waals surface area contributed by atoms with E-state index in [-0.39, 0.29) is 0 Å². The lowest BCUT2D eigenvalue weighted by Gasteiger charge is -2.08. The van der Waals surface area contributed by atoms with Crippen molar-refractivity contribution in [3.8, 4) is 5.75 Å². The molecule has 0 aliphatic carbocycles. The number of benzene rings is 1. The second kappa shape index (κ2) is 4.25. The van der Waals surface area contributed by atoms with E-state index in [1.54, 1.807) is 25.3 Å². The molecule has 13 heavy (non-hydrogen) atoms. The van der Waals surface area contributed by atoms with Crippen molar-refractivity contribution < 1.29 is 9.53 Å². The van der Waals surface area contributed by atoms with Crippen LogP contribution in [-0.2, 0) is 4.79 Å². The Hall–Kier alpha value is -1.06. The summed E-state index contributed by atoms with van der Waals surface area (Å²) >= 11 is 5.86. The Morgan fingerprint density at radius 2 is 2.31 bits per heavy atom. The normalized spacial score (nSPS) is 12.2. The minimum atomic E-state index is -0.668. The molecule has 0 saturated heterocycles. The molecule has 0 spiro atoms. The predicted octanol–water partition coefficient (Wildman–Crippen LogP) is 1.55. The van der Waals surface area contributed by atoms with E-state index in [1.165, 1.54) is 0 Å². The Kier molecular flexibility index (Phi) is 3.28. The summed E-state index contributed by atoms with van der Waals surface area (Å²) < 4.78 is 4.95. The Balaban J connectivity index is 3.04. The molecule has 0 radical (unpaired) electrons. The molecule has 0 fully saturated rings. The summed E-state index contributed by atoms with van der Waals surface area (Å²) in [5.74, 6) is 0.645. The minimum absolute atomic E-state index is 0.443. The van der Waals surface area contributed by atoms with Crippen molar-refractivity contribution in [3.63, 3.8) is 0 Å². The lowest BCUT2D eigenvalue weighted by Crippen LogP contribution is -2.11. The van der Waals surface area contributed by atoms with Crippen LogP contribution in [-0.4, -0.2) is 13.4 Å². The van der Waals surface area contributed by atoms with E-state index in [9.17, 15) is 4.79 Å². The van der Waals surface area contributed by atoms with Gasteiger partial charge in [0.1, 0.15) is 12.0 Å². The fourth-order valence-electron chi connectivity index (χ4n) is 0.978. The monoisotopic (exact) mass is 199 g/mol. The lowest BCUT2D eigenvalue weighted by atomic mass is 10.1. The number of rotatable bonds is 3. The maximum atomic E-state index is 10.4. The highest BCUT2D eigenvalue weighted by atomic mass is 35.5. The summed E-state index contributed by atoms with van der Waals surface area (Å²) in [6.45, 7) is 0. The van der Waals surface area contributed by atoms with E-state index >= 15 is 0 Å². The van der Waals surface area contributed by atoms with Crippen LogP contribution < -0.4 is 10.5 Å². The van der Waals surface area contributed by atoms with Crippen molar-refractivity contribution in [1.82, 2.24) is 0 Å². The summed E-state index contributed by atoms with van der Waals surface area (Å²) in [6.07, 6.45) is 0.647. The van der Waals surface area contributed by atoms with Gasteiger partial charge in [-0.1, -0.05) is 17.7 Å². The highest BCUT2D eigenvalue weighted by Crippen LogP contribution is 2.25. The lowest BCUT2D eigenvalue weighted by molar-refractivity contribution is -0.109. The summed E-state index contributed by atoms with van der Waals surface area (Å²) in [5, 5.41) is 0.443. The Morgan fingerprint density at radius 3 is 2.77 bits per heavy atom. The van der Waals surface area contributed by atoms with Gasteiger partial charge in [0.05, 0.1) is 13.2 Å². The number of ether oxygens (including phenoxy) is 1. The Labute approximate surface area is 81.4 Å². The average Bonchev–Trinajstić information content (AvgIpc) is 2.16. The molecule has 2 N–H and O–H groups in total. The van der Waals surface area contributed by atoms with E-state index in [0.717, 1.165) is 0 Å². The van der Waals surface area contributed by atoms with Gasteiger partial charge in [0.15, 0.2) is 0 Å². The van der Waals surface area contributed by atoms with Gasteiger partial charge in [0.25, 0.3) is 0 Å². The average molecular weight is 200 g/mol. The van der Waals surface area contributed by atoms with Crippen molar-refractivity contribution in [2.75, 3.05) is 7.11 Å². The maximum Gasteiger partial charge on any atom is 0.141 e. The number of hydrogen-bond acceptors (Lipinski definition) is 3. The molecule has 0 saturated carbocycles. The fraction of sp³-hybridized carbons (Fsp3) is 0.222. The van der Waals surface area contributed by atoms with E-state index in [4.69, 9.17) is 22.1 Å². The summed E-state index contributed by atoms with van der Waals surface area (Å²) in [5.41, 5.74) is 6.10. The molecule has 0 aliphatic rings. The fourth-order valence-corrected chi connectivity index (χ4v) is 1.27. The molecule has 0 aliphatic heterocycles. The van der Waals surface area contributed by atoms with Crippen LogP contribution in [0.1, 0.15) is 11.6 Å². The first-order valence-electron chi connectivity index (χ1n) is 3.73. The van der Waals surface area contributed by atoms with Crippen molar-refractivity contribution >= 4 is 17.9 Å². The zero-order chi connectivity index (χ0) is 9.84. The van der Waals surface area contributed by atoms with Crippen LogP contribution in [0, 0.1) is 0 Å². The van der Waals surface area contributed by atoms with Crippen LogP contribution in [0.4, 0.5) is 0 Å². The minimum Gasteiger partial charge on any atom is -0.497 e. The second-order valence-electron chi connectivity index (χ2n) is 2.55. The van der Waals surface area contributed by atoms with Crippen molar-refractivity contribution in [2.24, 2.45) is 5.73 Å². The first kappa shape index (κ1) is 10.0. The molecule has 1 aromatic rings. The van der Waals surface area contributed by atoms with Gasteiger partial charge in [-0.3, -0.25) is 0 Å². The van der Waals surface area contributed by atoms with E-state index in [2.05, 4.69) is 0 Å². The Bertz CT molecular complexity index is 314. The summed E-state index contributed by atoms with van der Waals surface area (Å²) in [6, 6.07) is 4.35. The molecule has 0 amide bonds. The number of aldehydes is 1. The smallest absolute Gasteiger partial charge is 0.141 e. The molecule has 0 heterocycles. The van der Waals surface area contributed by atoms with Crippen LogP contribution in [0.15, 0.2) is 18.2 Å². The van der Waals surface area contributed by atoms with Gasteiger partial charge in [-0.15, -0.1) is 0 Å². The summed E-state index contributed by atoms with van der Waals surface area (Å²) in [4.78, 5) is 10.4. The predicted molar refractivity (Wildman–Crippen MR) is 51.0 cm³/mol. The van der Waals surface area contributed by atoms with Gasteiger partial charge >= 0.3 is 0 Å². The van der Waals surface area contributed by atoms with Crippen LogP contribution in [0.5, 0.6) is 5.75 Å². The molecule has 1 rings (SSSR count). The van der Waals surface area contributed by atoms with Crippen molar-refractivity contribution in [1.29, 1.82) is 0 Å². The van der Waals surface area contributed by atoms with Crippen molar-refractivity contribution in [3.05, 3.63) is 28.8 Å². The standard InChI is InChI=1S/C9H10ClNO2/c1-13-6-2-3-7(8(10)4-6)9(11)5-12/h2-5,9H,11H2,1H3.